The van der Waals surface area contributed by atoms with E-state index in [0.717, 1.165) is 23.3 Å². The molecule has 33 heavy (non-hydrogen) atoms. The minimum absolute atomic E-state index is 0.0119. The maximum Gasteiger partial charge on any atom is 0.309 e. The van der Waals surface area contributed by atoms with Crippen molar-refractivity contribution in [1.82, 2.24) is 0 Å². The lowest BCUT2D eigenvalue weighted by Crippen LogP contribution is -2.57. The van der Waals surface area contributed by atoms with Gasteiger partial charge in [0.05, 0.1) is 11.3 Å². The quantitative estimate of drug-likeness (QED) is 0.515. The molecular formula is C27H32O6. The number of rotatable bonds is 1. The summed E-state index contributed by atoms with van der Waals surface area (Å²) in [6, 6.07) is 6.16. The summed E-state index contributed by atoms with van der Waals surface area (Å²) in [6.07, 6.45) is 0.520. The fraction of sp³-hybridized carbons (Fsp3) is 0.630. The van der Waals surface area contributed by atoms with Crippen LogP contribution in [0, 0.1) is 36.0 Å². The number of hydrogen-bond donors (Lipinski definition) is 1. The van der Waals surface area contributed by atoms with E-state index in [4.69, 9.17) is 14.2 Å². The second-order valence-corrected chi connectivity index (χ2v) is 11.1. The molecule has 1 aromatic carbocycles. The van der Waals surface area contributed by atoms with Gasteiger partial charge >= 0.3 is 11.9 Å². The standard InChI is InChI=1S/C27H32O6/c1-12-6-7-19-22(8-12)33-25(30)26(19)11-18-14(3)20-10-17-15(4)24(29)32-21(17)9-13(2)27(20,26)23(18)31-16(5)28/h6-8,13,15,17-18,21,23,25,30H,9-11H2,1-5H3/t13-,15-,17+,18-,21-,23-,25+,26+,27+/m0/s1. The number of esters is 2. The summed E-state index contributed by atoms with van der Waals surface area (Å²) >= 11 is 0. The van der Waals surface area contributed by atoms with E-state index in [0.29, 0.717) is 12.8 Å². The highest BCUT2D eigenvalue weighted by Crippen LogP contribution is 2.76. The lowest BCUT2D eigenvalue weighted by molar-refractivity contribution is -0.162. The summed E-state index contributed by atoms with van der Waals surface area (Å²) in [6.45, 7) is 9.77. The van der Waals surface area contributed by atoms with E-state index < -0.39 is 17.1 Å². The van der Waals surface area contributed by atoms with Crippen molar-refractivity contribution in [2.24, 2.45) is 29.1 Å². The molecule has 1 saturated heterocycles. The van der Waals surface area contributed by atoms with Crippen LogP contribution >= 0.6 is 0 Å². The van der Waals surface area contributed by atoms with E-state index in [1.54, 1.807) is 0 Å². The lowest BCUT2D eigenvalue weighted by Gasteiger charge is -2.51. The number of carbonyl (C=O) groups excluding carboxylic acids is 2. The van der Waals surface area contributed by atoms with Gasteiger partial charge in [-0.05, 0) is 50.7 Å². The summed E-state index contributed by atoms with van der Waals surface area (Å²) < 4.78 is 18.1. The fourth-order valence-corrected chi connectivity index (χ4v) is 8.50. The van der Waals surface area contributed by atoms with Crippen LogP contribution in [0.15, 0.2) is 29.3 Å². The van der Waals surface area contributed by atoms with Crippen LogP contribution < -0.4 is 4.74 Å². The van der Waals surface area contributed by atoms with Crippen molar-refractivity contribution in [1.29, 1.82) is 0 Å². The van der Waals surface area contributed by atoms with Crippen molar-refractivity contribution in [3.05, 3.63) is 40.5 Å². The van der Waals surface area contributed by atoms with Crippen molar-refractivity contribution >= 4 is 11.9 Å². The van der Waals surface area contributed by atoms with E-state index in [1.165, 1.54) is 18.1 Å². The third kappa shape index (κ3) is 2.33. The predicted octanol–water partition coefficient (Wildman–Crippen LogP) is 3.82. The molecule has 6 nitrogen and oxygen atoms in total. The molecule has 3 fully saturated rings. The molecule has 2 spiro atoms. The molecule has 0 amide bonds. The molecule has 1 N–H and O–H groups in total. The Labute approximate surface area is 194 Å². The number of aliphatic hydroxyl groups is 1. The van der Waals surface area contributed by atoms with Gasteiger partial charge < -0.3 is 19.3 Å². The Bertz CT molecular complexity index is 1110. The molecule has 5 aliphatic rings. The minimum atomic E-state index is -1.03. The van der Waals surface area contributed by atoms with Crippen LogP contribution in [-0.2, 0) is 24.5 Å². The topological polar surface area (TPSA) is 82.1 Å². The van der Waals surface area contributed by atoms with Crippen molar-refractivity contribution in [3.63, 3.8) is 0 Å². The molecule has 0 aromatic heterocycles. The number of fused-ring (bicyclic) bond motifs is 4. The second-order valence-electron chi connectivity index (χ2n) is 11.1. The third-order valence-corrected chi connectivity index (χ3v) is 9.76. The Morgan fingerprint density at radius 2 is 1.97 bits per heavy atom. The predicted molar refractivity (Wildman–Crippen MR) is 119 cm³/mol. The van der Waals surface area contributed by atoms with Gasteiger partial charge in [0.1, 0.15) is 18.0 Å². The van der Waals surface area contributed by atoms with Crippen molar-refractivity contribution in [2.75, 3.05) is 0 Å². The van der Waals surface area contributed by atoms with Crippen LogP contribution in [0.1, 0.15) is 58.1 Å². The van der Waals surface area contributed by atoms with Crippen molar-refractivity contribution in [2.45, 2.75) is 77.8 Å². The molecule has 2 aliphatic heterocycles. The van der Waals surface area contributed by atoms with Gasteiger partial charge in [-0.3, -0.25) is 9.59 Å². The molecule has 3 aliphatic carbocycles. The molecule has 6 heteroatoms. The highest BCUT2D eigenvalue weighted by Gasteiger charge is 2.79. The molecule has 2 bridgehead atoms. The zero-order valence-corrected chi connectivity index (χ0v) is 19.9. The molecule has 1 aromatic rings. The van der Waals surface area contributed by atoms with E-state index in [-0.39, 0.29) is 47.8 Å². The van der Waals surface area contributed by atoms with Gasteiger partial charge in [-0.15, -0.1) is 0 Å². The number of aryl methyl sites for hydroxylation is 1. The molecule has 6 rings (SSSR count). The third-order valence-electron chi connectivity index (χ3n) is 9.76. The van der Waals surface area contributed by atoms with Crippen LogP contribution in [0.4, 0.5) is 0 Å². The molecule has 2 heterocycles. The van der Waals surface area contributed by atoms with Crippen LogP contribution in [0.25, 0.3) is 0 Å². The summed E-state index contributed by atoms with van der Waals surface area (Å²) in [5.74, 6) is 0.254. The van der Waals surface area contributed by atoms with Crippen LogP contribution in [0.3, 0.4) is 0 Å². The normalized spacial score (nSPS) is 44.8. The minimum Gasteiger partial charge on any atom is -0.464 e. The Balaban J connectivity index is 1.61. The number of carbonyl (C=O) groups is 2. The van der Waals surface area contributed by atoms with Crippen molar-refractivity contribution in [3.8, 4) is 5.75 Å². The van der Waals surface area contributed by atoms with Crippen LogP contribution in [-0.4, -0.2) is 35.5 Å². The number of benzene rings is 1. The maximum atomic E-state index is 12.4. The largest absolute Gasteiger partial charge is 0.464 e. The van der Waals surface area contributed by atoms with Gasteiger partial charge in [-0.1, -0.05) is 37.1 Å². The van der Waals surface area contributed by atoms with Crippen molar-refractivity contribution < 1.29 is 28.9 Å². The zero-order valence-electron chi connectivity index (χ0n) is 19.9. The first kappa shape index (κ1) is 21.2. The van der Waals surface area contributed by atoms with Gasteiger partial charge in [0.2, 0.25) is 6.29 Å². The molecule has 2 saturated carbocycles. The number of hydrogen-bond acceptors (Lipinski definition) is 6. The molecular weight excluding hydrogens is 420 g/mol. The average molecular weight is 453 g/mol. The highest BCUT2D eigenvalue weighted by atomic mass is 16.6. The van der Waals surface area contributed by atoms with E-state index >= 15 is 0 Å². The highest BCUT2D eigenvalue weighted by molar-refractivity contribution is 5.75. The lowest BCUT2D eigenvalue weighted by atomic mass is 9.52. The first-order chi connectivity index (χ1) is 15.6. The first-order valence-corrected chi connectivity index (χ1v) is 12.2. The van der Waals surface area contributed by atoms with Gasteiger partial charge in [0.25, 0.3) is 0 Å². The van der Waals surface area contributed by atoms with Gasteiger partial charge in [-0.25, -0.2) is 0 Å². The SMILES string of the molecule is CC(=O)O[C@H]1[C@H]2C[C@]3(c4ccc(C)cc4O[C@H]3O)[C@]13C(=C2C)C[C@H]1[C@H](C[C@@H]3C)OC(=O)[C@H]1C. The second kappa shape index (κ2) is 6.62. The van der Waals surface area contributed by atoms with E-state index in [1.807, 2.05) is 19.9 Å². The van der Waals surface area contributed by atoms with Crippen LogP contribution in [0.5, 0.6) is 5.75 Å². The number of aliphatic hydroxyl groups excluding tert-OH is 1. The smallest absolute Gasteiger partial charge is 0.309 e. The first-order valence-electron chi connectivity index (χ1n) is 12.2. The average Bonchev–Trinajstić information content (AvgIpc) is 3.32. The Morgan fingerprint density at radius 1 is 1.21 bits per heavy atom. The van der Waals surface area contributed by atoms with E-state index in [9.17, 15) is 14.7 Å². The van der Waals surface area contributed by atoms with Gasteiger partial charge in [0, 0.05) is 29.7 Å². The fourth-order valence-electron chi connectivity index (χ4n) is 8.50. The Morgan fingerprint density at radius 3 is 2.70 bits per heavy atom. The monoisotopic (exact) mass is 452 g/mol. The number of ether oxygens (including phenoxy) is 3. The summed E-state index contributed by atoms with van der Waals surface area (Å²) in [5.41, 5.74) is 3.26. The molecule has 0 unspecified atom stereocenters. The summed E-state index contributed by atoms with van der Waals surface area (Å²) in [5, 5.41) is 11.6. The van der Waals surface area contributed by atoms with E-state index in [2.05, 4.69) is 26.0 Å². The zero-order chi connectivity index (χ0) is 23.4. The molecule has 0 radical (unpaired) electrons. The van der Waals surface area contributed by atoms with Gasteiger partial charge in [-0.2, -0.15) is 0 Å². The maximum absolute atomic E-state index is 12.4. The Kier molecular flexibility index (Phi) is 4.26. The summed E-state index contributed by atoms with van der Waals surface area (Å²) in [4.78, 5) is 24.8. The molecule has 176 valence electrons. The van der Waals surface area contributed by atoms with Gasteiger partial charge in [0.15, 0.2) is 0 Å². The van der Waals surface area contributed by atoms with Crippen LogP contribution in [0.2, 0.25) is 0 Å². The summed E-state index contributed by atoms with van der Waals surface area (Å²) in [7, 11) is 0. The Hall–Kier alpha value is -2.34. The molecule has 9 atom stereocenters.